The summed E-state index contributed by atoms with van der Waals surface area (Å²) < 4.78 is 5.19. The number of rotatable bonds is 6. The molecule has 1 atom stereocenters. The monoisotopic (exact) mass is 217 g/mol. The van der Waals surface area contributed by atoms with E-state index in [0.29, 0.717) is 6.61 Å². The molecule has 0 amide bonds. The molecule has 0 radical (unpaired) electrons. The van der Waals surface area contributed by atoms with Gasteiger partial charge in [0.25, 0.3) is 0 Å². The predicted octanol–water partition coefficient (Wildman–Crippen LogP) is 2.49. The van der Waals surface area contributed by atoms with Crippen LogP contribution >= 0.6 is 0 Å². The Morgan fingerprint density at radius 3 is 2.13 bits per heavy atom. The number of aliphatic hydroxyl groups is 1. The molecule has 0 saturated carbocycles. The van der Waals surface area contributed by atoms with E-state index in [9.17, 15) is 5.11 Å². The van der Waals surface area contributed by atoms with Gasteiger partial charge in [-0.2, -0.15) is 0 Å². The average Bonchev–Trinajstić information content (AvgIpc) is 1.94. The molecule has 0 aliphatic carbocycles. The van der Waals surface area contributed by atoms with E-state index in [2.05, 4.69) is 39.9 Å². The maximum atomic E-state index is 9.58. The quantitative estimate of drug-likeness (QED) is 0.672. The standard InChI is InChI=1S/C12H27NO2/c1-7-8-15-10(14)13-12(5,6)9-11(2,3)4/h10,13-14H,7-9H2,1-6H3. The molecule has 1 unspecified atom stereocenters. The molecule has 0 aromatic rings. The molecule has 0 heterocycles. The Bertz CT molecular complexity index is 173. The highest BCUT2D eigenvalue weighted by atomic mass is 16.6. The number of ether oxygens (including phenoxy) is 1. The van der Waals surface area contributed by atoms with Crippen LogP contribution in [0.2, 0.25) is 0 Å². The van der Waals surface area contributed by atoms with Crippen LogP contribution in [0.25, 0.3) is 0 Å². The van der Waals surface area contributed by atoms with Crippen LogP contribution in [-0.2, 0) is 4.74 Å². The summed E-state index contributed by atoms with van der Waals surface area (Å²) in [5, 5.41) is 12.7. The molecule has 0 fully saturated rings. The number of nitrogens with one attached hydrogen (secondary N) is 1. The van der Waals surface area contributed by atoms with Crippen molar-refractivity contribution in [1.29, 1.82) is 0 Å². The Hall–Kier alpha value is -0.120. The molecule has 0 aliphatic rings. The fourth-order valence-corrected chi connectivity index (χ4v) is 1.98. The van der Waals surface area contributed by atoms with Crippen LogP contribution in [0, 0.1) is 5.41 Å². The lowest BCUT2D eigenvalue weighted by atomic mass is 9.82. The van der Waals surface area contributed by atoms with E-state index in [1.807, 2.05) is 6.92 Å². The fraction of sp³-hybridized carbons (Fsp3) is 1.00. The summed E-state index contributed by atoms with van der Waals surface area (Å²) in [5.41, 5.74) is 0.117. The molecule has 92 valence electrons. The summed E-state index contributed by atoms with van der Waals surface area (Å²) in [6.07, 6.45) is 1.03. The van der Waals surface area contributed by atoms with E-state index < -0.39 is 6.41 Å². The summed E-state index contributed by atoms with van der Waals surface area (Å²) in [7, 11) is 0. The van der Waals surface area contributed by atoms with Crippen LogP contribution in [-0.4, -0.2) is 23.7 Å². The lowest BCUT2D eigenvalue weighted by molar-refractivity contribution is -0.135. The summed E-state index contributed by atoms with van der Waals surface area (Å²) in [4.78, 5) is 0. The average molecular weight is 217 g/mol. The first kappa shape index (κ1) is 14.9. The third-order valence-corrected chi connectivity index (χ3v) is 1.97. The maximum absolute atomic E-state index is 9.58. The fourth-order valence-electron chi connectivity index (χ4n) is 1.98. The maximum Gasteiger partial charge on any atom is 0.213 e. The van der Waals surface area contributed by atoms with Gasteiger partial charge in [-0.3, -0.25) is 5.32 Å². The number of aliphatic hydroxyl groups excluding tert-OH is 1. The van der Waals surface area contributed by atoms with Crippen LogP contribution in [0.4, 0.5) is 0 Å². The van der Waals surface area contributed by atoms with E-state index in [-0.39, 0.29) is 11.0 Å². The second kappa shape index (κ2) is 5.83. The lowest BCUT2D eigenvalue weighted by Crippen LogP contribution is -2.49. The van der Waals surface area contributed by atoms with Crippen LogP contribution in [0.5, 0.6) is 0 Å². The van der Waals surface area contributed by atoms with E-state index in [0.717, 1.165) is 12.8 Å². The topological polar surface area (TPSA) is 41.5 Å². The molecule has 0 aromatic heterocycles. The SMILES string of the molecule is CCCOC(O)NC(C)(C)CC(C)(C)C. The van der Waals surface area contributed by atoms with Crippen LogP contribution < -0.4 is 5.32 Å². The van der Waals surface area contributed by atoms with Crippen molar-refractivity contribution < 1.29 is 9.84 Å². The van der Waals surface area contributed by atoms with Crippen molar-refractivity contribution in [3.63, 3.8) is 0 Å². The van der Waals surface area contributed by atoms with Crippen molar-refractivity contribution in [2.75, 3.05) is 6.61 Å². The van der Waals surface area contributed by atoms with Crippen molar-refractivity contribution in [3.05, 3.63) is 0 Å². The minimum Gasteiger partial charge on any atom is -0.356 e. The first-order valence-electron chi connectivity index (χ1n) is 5.74. The molecule has 0 aromatic carbocycles. The van der Waals surface area contributed by atoms with Crippen molar-refractivity contribution in [2.45, 2.75) is 66.3 Å². The summed E-state index contributed by atoms with van der Waals surface area (Å²) in [6.45, 7) is 13.3. The molecular formula is C12H27NO2. The van der Waals surface area contributed by atoms with Crippen molar-refractivity contribution >= 4 is 0 Å². The van der Waals surface area contributed by atoms with Crippen molar-refractivity contribution in [1.82, 2.24) is 5.32 Å². The molecule has 0 bridgehead atoms. The molecule has 0 saturated heterocycles. The third kappa shape index (κ3) is 8.85. The predicted molar refractivity (Wildman–Crippen MR) is 63.5 cm³/mol. The first-order chi connectivity index (χ1) is 6.66. The second-order valence-corrected chi connectivity index (χ2v) is 5.99. The minimum absolute atomic E-state index is 0.120. The van der Waals surface area contributed by atoms with Crippen LogP contribution in [0.1, 0.15) is 54.4 Å². The molecule has 3 nitrogen and oxygen atoms in total. The van der Waals surface area contributed by atoms with Crippen LogP contribution in [0.3, 0.4) is 0 Å². The molecule has 3 heteroatoms. The Balaban J connectivity index is 4.01. The molecular weight excluding hydrogens is 190 g/mol. The van der Waals surface area contributed by atoms with Crippen LogP contribution in [0.15, 0.2) is 0 Å². The van der Waals surface area contributed by atoms with Gasteiger partial charge in [-0.25, -0.2) is 0 Å². The van der Waals surface area contributed by atoms with E-state index >= 15 is 0 Å². The van der Waals surface area contributed by atoms with E-state index in [4.69, 9.17) is 4.74 Å². The van der Waals surface area contributed by atoms with Gasteiger partial charge in [-0.15, -0.1) is 0 Å². The van der Waals surface area contributed by atoms with E-state index in [1.165, 1.54) is 0 Å². The lowest BCUT2D eigenvalue weighted by Gasteiger charge is -2.35. The smallest absolute Gasteiger partial charge is 0.213 e. The van der Waals surface area contributed by atoms with Gasteiger partial charge in [0.15, 0.2) is 0 Å². The van der Waals surface area contributed by atoms with Gasteiger partial charge in [0.2, 0.25) is 6.41 Å². The van der Waals surface area contributed by atoms with Crippen molar-refractivity contribution in [3.8, 4) is 0 Å². The highest BCUT2D eigenvalue weighted by Crippen LogP contribution is 2.26. The zero-order valence-electron chi connectivity index (χ0n) is 11.1. The Morgan fingerprint density at radius 2 is 1.73 bits per heavy atom. The Labute approximate surface area is 94.2 Å². The number of hydrogen-bond acceptors (Lipinski definition) is 3. The number of hydrogen-bond donors (Lipinski definition) is 2. The van der Waals surface area contributed by atoms with Gasteiger partial charge in [0, 0.05) is 5.54 Å². The van der Waals surface area contributed by atoms with Gasteiger partial charge in [0.05, 0.1) is 6.61 Å². The Morgan fingerprint density at radius 1 is 1.20 bits per heavy atom. The van der Waals surface area contributed by atoms with Gasteiger partial charge >= 0.3 is 0 Å². The van der Waals surface area contributed by atoms with Gasteiger partial charge < -0.3 is 9.84 Å². The second-order valence-electron chi connectivity index (χ2n) is 5.99. The first-order valence-corrected chi connectivity index (χ1v) is 5.74. The zero-order chi connectivity index (χ0) is 12.1. The summed E-state index contributed by atoms with van der Waals surface area (Å²) >= 11 is 0. The highest BCUT2D eigenvalue weighted by molar-refractivity contribution is 4.82. The van der Waals surface area contributed by atoms with E-state index in [1.54, 1.807) is 0 Å². The largest absolute Gasteiger partial charge is 0.356 e. The third-order valence-electron chi connectivity index (χ3n) is 1.97. The molecule has 2 N–H and O–H groups in total. The van der Waals surface area contributed by atoms with Gasteiger partial charge in [-0.1, -0.05) is 27.7 Å². The zero-order valence-corrected chi connectivity index (χ0v) is 11.1. The van der Waals surface area contributed by atoms with Crippen molar-refractivity contribution in [2.24, 2.45) is 5.41 Å². The van der Waals surface area contributed by atoms with Gasteiger partial charge in [-0.05, 0) is 32.1 Å². The molecule has 0 aliphatic heterocycles. The normalized spacial score (nSPS) is 15.4. The molecule has 15 heavy (non-hydrogen) atoms. The molecule has 0 spiro atoms. The summed E-state index contributed by atoms with van der Waals surface area (Å²) in [6, 6.07) is 0. The summed E-state index contributed by atoms with van der Waals surface area (Å²) in [5.74, 6) is 0. The van der Waals surface area contributed by atoms with Gasteiger partial charge in [0.1, 0.15) is 0 Å². The highest BCUT2D eigenvalue weighted by Gasteiger charge is 2.27. The Kier molecular flexibility index (Phi) is 5.78. The molecule has 0 rings (SSSR count). The minimum atomic E-state index is -0.859.